The van der Waals surface area contributed by atoms with Crippen molar-refractivity contribution in [2.75, 3.05) is 30.4 Å². The molecule has 0 spiro atoms. The number of nitrogens with one attached hydrogen (secondary N) is 2. The van der Waals surface area contributed by atoms with Gasteiger partial charge >= 0.3 is 0 Å². The van der Waals surface area contributed by atoms with Gasteiger partial charge < -0.3 is 24.8 Å². The summed E-state index contributed by atoms with van der Waals surface area (Å²) in [5.74, 6) is 2.36. The van der Waals surface area contributed by atoms with E-state index in [-0.39, 0.29) is 12.5 Å². The van der Waals surface area contributed by atoms with Crippen LogP contribution in [0.15, 0.2) is 60.7 Å². The molecule has 1 amide bonds. The Hall–Kier alpha value is -3.38. The van der Waals surface area contributed by atoms with E-state index in [1.54, 1.807) is 36.4 Å². The summed E-state index contributed by atoms with van der Waals surface area (Å²) in [5, 5.41) is 6.47. The normalized spacial score (nSPS) is 12.2. The lowest BCUT2D eigenvalue weighted by molar-refractivity contribution is -0.114. The fourth-order valence-corrected chi connectivity index (χ4v) is 3.14. The highest BCUT2D eigenvalue weighted by Gasteiger charge is 2.13. The average molecular weight is 425 g/mol. The molecule has 154 valence electrons. The summed E-state index contributed by atoms with van der Waals surface area (Å²) in [6.07, 6.45) is 0. The highest BCUT2D eigenvalue weighted by molar-refractivity contribution is 6.31. The smallest absolute Gasteiger partial charge is 0.243 e. The molecule has 4 rings (SSSR count). The number of aryl methyl sites for hydroxylation is 1. The van der Waals surface area contributed by atoms with Crippen LogP contribution in [-0.2, 0) is 4.79 Å². The van der Waals surface area contributed by atoms with Crippen LogP contribution in [0.2, 0.25) is 5.02 Å². The third-order valence-electron chi connectivity index (χ3n) is 4.46. The fourth-order valence-electron chi connectivity index (χ4n) is 2.96. The zero-order chi connectivity index (χ0) is 20.9. The second-order valence-electron chi connectivity index (χ2n) is 6.82. The highest BCUT2D eigenvalue weighted by atomic mass is 35.5. The number of hydrogen-bond donors (Lipinski definition) is 2. The van der Waals surface area contributed by atoms with Crippen LogP contribution in [0.5, 0.6) is 23.0 Å². The molecule has 0 fully saturated rings. The molecule has 2 N–H and O–H groups in total. The summed E-state index contributed by atoms with van der Waals surface area (Å²) < 4.78 is 17.0. The molecule has 0 saturated heterocycles. The minimum atomic E-state index is -0.215. The van der Waals surface area contributed by atoms with Gasteiger partial charge in [0.15, 0.2) is 17.2 Å². The third-order valence-corrected chi connectivity index (χ3v) is 4.69. The molecule has 0 unspecified atom stereocenters. The van der Waals surface area contributed by atoms with Gasteiger partial charge in [-0.1, -0.05) is 29.3 Å². The highest BCUT2D eigenvalue weighted by Crippen LogP contribution is 2.33. The van der Waals surface area contributed by atoms with E-state index in [4.69, 9.17) is 25.8 Å². The van der Waals surface area contributed by atoms with E-state index in [0.29, 0.717) is 52.6 Å². The number of carbonyl (C=O) groups is 1. The predicted octanol–water partition coefficient (Wildman–Crippen LogP) is 5.26. The monoisotopic (exact) mass is 424 g/mol. The number of fused-ring (bicyclic) bond motifs is 1. The number of amides is 1. The molecular formula is C23H21ClN2O4. The molecule has 0 aromatic heterocycles. The molecule has 0 aliphatic carbocycles. The number of hydrogen-bond acceptors (Lipinski definition) is 5. The quantitative estimate of drug-likeness (QED) is 0.564. The maximum atomic E-state index is 12.4. The summed E-state index contributed by atoms with van der Waals surface area (Å²) in [7, 11) is 0. The van der Waals surface area contributed by atoms with E-state index in [0.717, 1.165) is 5.56 Å². The van der Waals surface area contributed by atoms with Crippen LogP contribution in [0.25, 0.3) is 0 Å². The Balaban J connectivity index is 1.41. The number of halogens is 1. The summed E-state index contributed by atoms with van der Waals surface area (Å²) in [4.78, 5) is 12.4. The van der Waals surface area contributed by atoms with Crippen LogP contribution in [0.4, 0.5) is 11.4 Å². The van der Waals surface area contributed by atoms with Gasteiger partial charge in [-0.2, -0.15) is 0 Å². The average Bonchev–Trinajstić information content (AvgIpc) is 2.75. The standard InChI is InChI=1S/C23H21ClN2O4/c1-15-2-6-18(7-3-15)30-20-8-4-16(24)12-19(20)25-14-23(27)26-17-5-9-21-22(13-17)29-11-10-28-21/h2-9,12-13,25H,10-11,14H2,1H3,(H,26,27). The fraction of sp³-hybridized carbons (Fsp3) is 0.174. The van der Waals surface area contributed by atoms with E-state index in [2.05, 4.69) is 10.6 Å². The predicted molar refractivity (Wildman–Crippen MR) is 117 cm³/mol. The molecule has 3 aromatic carbocycles. The lowest BCUT2D eigenvalue weighted by Crippen LogP contribution is -2.22. The second-order valence-corrected chi connectivity index (χ2v) is 7.25. The van der Waals surface area contributed by atoms with E-state index in [1.807, 2.05) is 31.2 Å². The molecular weight excluding hydrogens is 404 g/mol. The Morgan fingerprint density at radius 1 is 1.00 bits per heavy atom. The molecule has 1 aliphatic rings. The van der Waals surface area contributed by atoms with Gasteiger partial charge in [0.2, 0.25) is 5.91 Å². The largest absolute Gasteiger partial charge is 0.486 e. The van der Waals surface area contributed by atoms with Crippen molar-refractivity contribution < 1.29 is 19.0 Å². The molecule has 3 aromatic rings. The van der Waals surface area contributed by atoms with Crippen LogP contribution >= 0.6 is 11.6 Å². The Bertz CT molecular complexity index is 1050. The van der Waals surface area contributed by atoms with Gasteiger partial charge in [0, 0.05) is 16.8 Å². The van der Waals surface area contributed by atoms with Crippen LogP contribution in [-0.4, -0.2) is 25.7 Å². The molecule has 0 bridgehead atoms. The number of carbonyl (C=O) groups excluding carboxylic acids is 1. The second kappa shape index (κ2) is 8.97. The van der Waals surface area contributed by atoms with E-state index >= 15 is 0 Å². The van der Waals surface area contributed by atoms with Crippen molar-refractivity contribution in [1.82, 2.24) is 0 Å². The zero-order valence-corrected chi connectivity index (χ0v) is 17.2. The van der Waals surface area contributed by atoms with E-state index in [1.165, 1.54) is 0 Å². The van der Waals surface area contributed by atoms with Crippen molar-refractivity contribution in [2.24, 2.45) is 0 Å². The van der Waals surface area contributed by atoms with Crippen molar-refractivity contribution >= 4 is 28.9 Å². The van der Waals surface area contributed by atoms with Crippen molar-refractivity contribution in [3.05, 3.63) is 71.2 Å². The van der Waals surface area contributed by atoms with Gasteiger partial charge in [-0.3, -0.25) is 4.79 Å². The maximum Gasteiger partial charge on any atom is 0.243 e. The Morgan fingerprint density at radius 3 is 2.57 bits per heavy atom. The topological polar surface area (TPSA) is 68.8 Å². The third kappa shape index (κ3) is 4.96. The molecule has 7 heteroatoms. The minimum Gasteiger partial charge on any atom is -0.486 e. The first-order chi connectivity index (χ1) is 14.6. The van der Waals surface area contributed by atoms with Crippen LogP contribution in [0, 0.1) is 6.92 Å². The lowest BCUT2D eigenvalue weighted by Gasteiger charge is -2.19. The molecule has 1 aliphatic heterocycles. The lowest BCUT2D eigenvalue weighted by atomic mass is 10.2. The van der Waals surface area contributed by atoms with Gasteiger partial charge in [-0.05, 0) is 49.4 Å². The molecule has 1 heterocycles. The minimum absolute atomic E-state index is 0.0407. The van der Waals surface area contributed by atoms with Crippen LogP contribution in [0.1, 0.15) is 5.56 Å². The van der Waals surface area contributed by atoms with Gasteiger partial charge in [-0.25, -0.2) is 0 Å². The Morgan fingerprint density at radius 2 is 1.77 bits per heavy atom. The molecule has 6 nitrogen and oxygen atoms in total. The number of anilines is 2. The van der Waals surface area contributed by atoms with Crippen LogP contribution < -0.4 is 24.8 Å². The zero-order valence-electron chi connectivity index (χ0n) is 16.4. The van der Waals surface area contributed by atoms with Gasteiger partial charge in [-0.15, -0.1) is 0 Å². The first-order valence-corrected chi connectivity index (χ1v) is 9.92. The first-order valence-electron chi connectivity index (χ1n) is 9.54. The summed E-state index contributed by atoms with van der Waals surface area (Å²) in [5.41, 5.74) is 2.40. The Kier molecular flexibility index (Phi) is 5.95. The number of benzene rings is 3. The van der Waals surface area contributed by atoms with Crippen molar-refractivity contribution in [1.29, 1.82) is 0 Å². The molecule has 0 saturated carbocycles. The van der Waals surface area contributed by atoms with Gasteiger partial charge in [0.25, 0.3) is 0 Å². The van der Waals surface area contributed by atoms with E-state index < -0.39 is 0 Å². The molecule has 0 atom stereocenters. The van der Waals surface area contributed by atoms with Crippen molar-refractivity contribution in [2.45, 2.75) is 6.92 Å². The molecule has 0 radical (unpaired) electrons. The number of ether oxygens (including phenoxy) is 3. The maximum absolute atomic E-state index is 12.4. The van der Waals surface area contributed by atoms with Crippen molar-refractivity contribution in [3.63, 3.8) is 0 Å². The number of rotatable bonds is 6. The first kappa shape index (κ1) is 19.9. The van der Waals surface area contributed by atoms with Crippen molar-refractivity contribution in [3.8, 4) is 23.0 Å². The van der Waals surface area contributed by atoms with E-state index in [9.17, 15) is 4.79 Å². The summed E-state index contributed by atoms with van der Waals surface area (Å²) in [6, 6.07) is 18.3. The van der Waals surface area contributed by atoms with Gasteiger partial charge in [0.05, 0.1) is 12.2 Å². The van der Waals surface area contributed by atoms with Gasteiger partial charge in [0.1, 0.15) is 19.0 Å². The summed E-state index contributed by atoms with van der Waals surface area (Å²) >= 11 is 6.13. The molecule has 30 heavy (non-hydrogen) atoms. The summed E-state index contributed by atoms with van der Waals surface area (Å²) in [6.45, 7) is 3.07. The SMILES string of the molecule is Cc1ccc(Oc2ccc(Cl)cc2NCC(=O)Nc2ccc3c(c2)OCCO3)cc1. The van der Waals surface area contributed by atoms with Crippen LogP contribution in [0.3, 0.4) is 0 Å². The Labute approximate surface area is 179 Å².